The van der Waals surface area contributed by atoms with Gasteiger partial charge in [0.05, 0.1) is 13.2 Å². The van der Waals surface area contributed by atoms with Gasteiger partial charge in [-0.1, -0.05) is 22.9 Å². The second kappa shape index (κ2) is 9.53. The van der Waals surface area contributed by atoms with Crippen LogP contribution in [0, 0.1) is 5.92 Å². The van der Waals surface area contributed by atoms with Gasteiger partial charge in [0.1, 0.15) is 23.4 Å². The molecule has 0 bridgehead atoms. The number of benzene rings is 1. The molecule has 1 aliphatic rings. The molecule has 0 spiro atoms. The molecular formula is C18H27BrN2O6S. The normalized spacial score (nSPS) is 23.1. The highest BCUT2D eigenvalue weighted by atomic mass is 79.9. The first-order chi connectivity index (χ1) is 13.1. The molecule has 1 aliphatic heterocycles. The zero-order chi connectivity index (χ0) is 21.1. The van der Waals surface area contributed by atoms with Crippen molar-refractivity contribution in [2.75, 3.05) is 40.5 Å². The Morgan fingerprint density at radius 3 is 2.79 bits per heavy atom. The van der Waals surface area contributed by atoms with E-state index >= 15 is 0 Å². The summed E-state index contributed by atoms with van der Waals surface area (Å²) in [5.41, 5.74) is 0. The molecule has 1 aromatic rings. The number of carbonyl (C=O) groups excluding carboxylic acids is 1. The maximum Gasteiger partial charge on any atom is 0.248 e. The Balaban J connectivity index is 2.46. The fourth-order valence-corrected chi connectivity index (χ4v) is 5.19. The van der Waals surface area contributed by atoms with Gasteiger partial charge in [0.25, 0.3) is 0 Å². The SMILES string of the molecule is COCC(=O)N(C)C[C@@H]1Oc2cc(Br)ccc2S(=O)(=O)N([C@H](C)CO)C[C@@H]1C. The fourth-order valence-electron chi connectivity index (χ4n) is 3.02. The molecule has 1 aromatic carbocycles. The molecule has 0 saturated heterocycles. The lowest BCUT2D eigenvalue weighted by Crippen LogP contribution is -2.50. The van der Waals surface area contributed by atoms with Crippen molar-refractivity contribution in [2.45, 2.75) is 30.9 Å². The largest absolute Gasteiger partial charge is 0.487 e. The van der Waals surface area contributed by atoms with Gasteiger partial charge in [-0.3, -0.25) is 4.79 Å². The number of halogens is 1. The summed E-state index contributed by atoms with van der Waals surface area (Å²) >= 11 is 3.35. The number of ether oxygens (including phenoxy) is 2. The number of carbonyl (C=O) groups is 1. The van der Waals surface area contributed by atoms with Crippen LogP contribution in [0.15, 0.2) is 27.6 Å². The standard InChI is InChI=1S/C18H27BrN2O6S/c1-12-8-21(13(2)10-22)28(24,25)17-6-5-14(19)7-15(17)27-16(12)9-20(3)18(23)11-26-4/h5-7,12-13,16,22H,8-11H2,1-4H3/t12-,13+,16-/m0/s1. The zero-order valence-electron chi connectivity index (χ0n) is 16.5. The highest BCUT2D eigenvalue weighted by Gasteiger charge is 2.38. The molecule has 3 atom stereocenters. The predicted molar refractivity (Wildman–Crippen MR) is 108 cm³/mol. The number of nitrogens with zero attached hydrogens (tertiary/aromatic N) is 2. The number of hydrogen-bond acceptors (Lipinski definition) is 6. The van der Waals surface area contributed by atoms with E-state index in [-0.39, 0.29) is 48.8 Å². The molecule has 0 unspecified atom stereocenters. The van der Waals surface area contributed by atoms with Gasteiger partial charge in [0, 0.05) is 37.1 Å². The van der Waals surface area contributed by atoms with Crippen molar-refractivity contribution in [2.24, 2.45) is 5.92 Å². The van der Waals surface area contributed by atoms with Crippen LogP contribution < -0.4 is 4.74 Å². The summed E-state index contributed by atoms with van der Waals surface area (Å²) in [6, 6.07) is 4.14. The van der Waals surface area contributed by atoms with Gasteiger partial charge in [-0.05, 0) is 25.1 Å². The van der Waals surface area contributed by atoms with E-state index in [1.807, 2.05) is 6.92 Å². The van der Waals surface area contributed by atoms with Crippen LogP contribution >= 0.6 is 15.9 Å². The maximum atomic E-state index is 13.2. The van der Waals surface area contributed by atoms with Crippen molar-refractivity contribution in [1.82, 2.24) is 9.21 Å². The van der Waals surface area contributed by atoms with E-state index in [0.717, 1.165) is 0 Å². The molecule has 0 radical (unpaired) electrons. The minimum Gasteiger partial charge on any atom is -0.487 e. The quantitative estimate of drug-likeness (QED) is 0.662. The Bertz CT molecular complexity index is 803. The van der Waals surface area contributed by atoms with Crippen molar-refractivity contribution >= 4 is 31.9 Å². The second-order valence-corrected chi connectivity index (χ2v) is 9.81. The zero-order valence-corrected chi connectivity index (χ0v) is 18.9. The summed E-state index contributed by atoms with van der Waals surface area (Å²) < 4.78 is 39.4. The van der Waals surface area contributed by atoms with Gasteiger partial charge in [-0.15, -0.1) is 0 Å². The average Bonchev–Trinajstić information content (AvgIpc) is 2.63. The van der Waals surface area contributed by atoms with Crippen LogP contribution in [0.25, 0.3) is 0 Å². The number of sulfonamides is 1. The third-order valence-corrected chi connectivity index (χ3v) is 7.29. The van der Waals surface area contributed by atoms with Gasteiger partial charge < -0.3 is 19.5 Å². The Morgan fingerprint density at radius 1 is 1.50 bits per heavy atom. The first-order valence-corrected chi connectivity index (χ1v) is 11.2. The molecule has 8 nitrogen and oxygen atoms in total. The van der Waals surface area contributed by atoms with Gasteiger partial charge >= 0.3 is 0 Å². The van der Waals surface area contributed by atoms with Crippen molar-refractivity contribution < 1.29 is 27.8 Å². The van der Waals surface area contributed by atoms with Crippen LogP contribution in [-0.4, -0.2) is 81.2 Å². The Hall–Kier alpha value is -1.20. The first kappa shape index (κ1) is 23.1. The van der Waals surface area contributed by atoms with Gasteiger partial charge in [-0.2, -0.15) is 4.31 Å². The topological polar surface area (TPSA) is 96.4 Å². The molecule has 28 heavy (non-hydrogen) atoms. The molecule has 0 aromatic heterocycles. The molecule has 2 rings (SSSR count). The Kier molecular flexibility index (Phi) is 7.86. The van der Waals surface area contributed by atoms with Gasteiger partial charge in [0.15, 0.2) is 0 Å². The summed E-state index contributed by atoms with van der Waals surface area (Å²) in [5.74, 6) is -0.203. The van der Waals surface area contributed by atoms with Crippen LogP contribution in [0.4, 0.5) is 0 Å². The third kappa shape index (κ3) is 5.04. The lowest BCUT2D eigenvalue weighted by Gasteiger charge is -2.37. The monoisotopic (exact) mass is 478 g/mol. The van der Waals surface area contributed by atoms with E-state index in [1.54, 1.807) is 26.1 Å². The van der Waals surface area contributed by atoms with E-state index in [2.05, 4.69) is 15.9 Å². The number of aliphatic hydroxyl groups excluding tert-OH is 1. The number of amides is 1. The fraction of sp³-hybridized carbons (Fsp3) is 0.611. The molecule has 1 amide bonds. The summed E-state index contributed by atoms with van der Waals surface area (Å²) in [6.45, 7) is 3.63. The Morgan fingerprint density at radius 2 is 2.18 bits per heavy atom. The lowest BCUT2D eigenvalue weighted by molar-refractivity contribution is -0.135. The molecule has 158 valence electrons. The van der Waals surface area contributed by atoms with Crippen molar-refractivity contribution in [3.63, 3.8) is 0 Å². The van der Waals surface area contributed by atoms with E-state index < -0.39 is 22.2 Å². The molecule has 0 aliphatic carbocycles. The Labute approximate surface area is 174 Å². The van der Waals surface area contributed by atoms with Crippen molar-refractivity contribution in [3.8, 4) is 5.75 Å². The maximum absolute atomic E-state index is 13.2. The van der Waals surface area contributed by atoms with Crippen LogP contribution in [0.2, 0.25) is 0 Å². The van der Waals surface area contributed by atoms with Crippen LogP contribution in [0.5, 0.6) is 5.75 Å². The second-order valence-electron chi connectivity index (χ2n) is 7.04. The van der Waals surface area contributed by atoms with E-state index in [1.165, 1.54) is 22.4 Å². The van der Waals surface area contributed by atoms with Crippen LogP contribution in [0.3, 0.4) is 0 Å². The predicted octanol–water partition coefficient (Wildman–Crippen LogP) is 1.32. The summed E-state index contributed by atoms with van der Waals surface area (Å²) in [6.07, 6.45) is -0.442. The number of fused-ring (bicyclic) bond motifs is 1. The molecular weight excluding hydrogens is 452 g/mol. The number of rotatable bonds is 6. The van der Waals surface area contributed by atoms with E-state index in [4.69, 9.17) is 9.47 Å². The highest BCUT2D eigenvalue weighted by molar-refractivity contribution is 9.10. The molecule has 0 saturated carbocycles. The third-order valence-electron chi connectivity index (χ3n) is 4.78. The highest BCUT2D eigenvalue weighted by Crippen LogP contribution is 2.35. The first-order valence-electron chi connectivity index (χ1n) is 8.93. The van der Waals surface area contributed by atoms with E-state index in [0.29, 0.717) is 4.47 Å². The molecule has 1 heterocycles. The number of likely N-dealkylation sites (N-methyl/N-ethyl adjacent to an activating group) is 1. The molecule has 10 heteroatoms. The van der Waals surface area contributed by atoms with Crippen LogP contribution in [-0.2, 0) is 19.6 Å². The number of methoxy groups -OCH3 is 1. The van der Waals surface area contributed by atoms with Crippen molar-refractivity contribution in [3.05, 3.63) is 22.7 Å². The summed E-state index contributed by atoms with van der Waals surface area (Å²) in [7, 11) is -0.746. The molecule has 1 N–H and O–H groups in total. The summed E-state index contributed by atoms with van der Waals surface area (Å²) in [5, 5.41) is 9.59. The minimum atomic E-state index is -3.85. The minimum absolute atomic E-state index is 0.0399. The summed E-state index contributed by atoms with van der Waals surface area (Å²) in [4.78, 5) is 13.7. The van der Waals surface area contributed by atoms with E-state index in [9.17, 15) is 18.3 Å². The lowest BCUT2D eigenvalue weighted by atomic mass is 10.0. The number of hydrogen-bond donors (Lipinski definition) is 1. The van der Waals surface area contributed by atoms with Gasteiger partial charge in [-0.25, -0.2) is 8.42 Å². The van der Waals surface area contributed by atoms with Crippen LogP contribution in [0.1, 0.15) is 13.8 Å². The van der Waals surface area contributed by atoms with Gasteiger partial charge in [0.2, 0.25) is 15.9 Å². The number of aliphatic hydroxyl groups is 1. The smallest absolute Gasteiger partial charge is 0.248 e. The van der Waals surface area contributed by atoms with Crippen molar-refractivity contribution in [1.29, 1.82) is 0 Å². The average molecular weight is 479 g/mol. The molecule has 0 fully saturated rings.